The van der Waals surface area contributed by atoms with Gasteiger partial charge in [-0.1, -0.05) is 0 Å². The molecule has 18 heteroatoms. The molecular weight excluding hydrogens is 554 g/mol. The minimum atomic E-state index is -2.27. The molecule has 0 aromatic carbocycles. The zero-order valence-electron chi connectivity index (χ0n) is 23.3. The van der Waals surface area contributed by atoms with Crippen LogP contribution in [0.1, 0.15) is 26.7 Å². The van der Waals surface area contributed by atoms with Crippen LogP contribution in [0.4, 0.5) is 8.78 Å². The van der Waals surface area contributed by atoms with Crippen LogP contribution >= 0.6 is 0 Å². The highest BCUT2D eigenvalue weighted by molar-refractivity contribution is 5.83. The molecular formula is C22H42F2N2O14. The predicted molar refractivity (Wildman–Crippen MR) is 131 cm³/mol. The number of esters is 2. The van der Waals surface area contributed by atoms with E-state index in [0.717, 1.165) is 0 Å². The predicted octanol–water partition coefficient (Wildman–Crippen LogP) is -1.67. The maximum absolute atomic E-state index is 12.7. The molecule has 0 aromatic rings. The van der Waals surface area contributed by atoms with Crippen molar-refractivity contribution in [3.63, 3.8) is 0 Å². The van der Waals surface area contributed by atoms with Gasteiger partial charge in [0.15, 0.2) is 12.2 Å². The van der Waals surface area contributed by atoms with Crippen LogP contribution in [0.3, 0.4) is 0 Å². The van der Waals surface area contributed by atoms with Gasteiger partial charge in [0.25, 0.3) is 0 Å². The van der Waals surface area contributed by atoms with Gasteiger partial charge in [0, 0.05) is 28.4 Å². The summed E-state index contributed by atoms with van der Waals surface area (Å²) in [7, 11) is 5.09. The Bertz CT molecular complexity index is 662. The minimum Gasteiger partial charge on any atom is -0.479 e. The molecule has 0 fully saturated rings. The number of carboxylic acid groups (broad SMARTS) is 2. The summed E-state index contributed by atoms with van der Waals surface area (Å²) in [6.45, 7) is 2.01. The molecule has 0 spiro atoms. The van der Waals surface area contributed by atoms with Gasteiger partial charge in [0.05, 0.1) is 38.1 Å². The fraction of sp³-hybridized carbons (Fsp3) is 0.818. The highest BCUT2D eigenvalue weighted by atomic mass is 19.1. The fourth-order valence-electron chi connectivity index (χ4n) is 2.57. The highest BCUT2D eigenvalue weighted by Gasteiger charge is 2.40. The van der Waals surface area contributed by atoms with Crippen molar-refractivity contribution < 1.29 is 76.8 Å². The van der Waals surface area contributed by atoms with E-state index in [0.29, 0.717) is 0 Å². The molecule has 8 N–H and O–H groups in total. The van der Waals surface area contributed by atoms with Crippen molar-refractivity contribution in [2.24, 2.45) is 11.5 Å². The van der Waals surface area contributed by atoms with Gasteiger partial charge in [-0.2, -0.15) is 0 Å². The summed E-state index contributed by atoms with van der Waals surface area (Å²) in [5.74, 6) is -7.70. The van der Waals surface area contributed by atoms with E-state index in [4.69, 9.17) is 50.8 Å². The second-order valence-corrected chi connectivity index (χ2v) is 7.50. The minimum absolute atomic E-state index is 0.153. The number of hydrogen-bond donors (Lipinski definition) is 6. The lowest BCUT2D eigenvalue weighted by atomic mass is 10.1. The summed E-state index contributed by atoms with van der Waals surface area (Å²) >= 11 is 0. The fourth-order valence-corrected chi connectivity index (χ4v) is 2.57. The Morgan fingerprint density at radius 1 is 0.675 bits per heavy atom. The van der Waals surface area contributed by atoms with Gasteiger partial charge in [0.1, 0.15) is 13.3 Å². The first kappa shape index (κ1) is 41.9. The maximum atomic E-state index is 12.7. The number of aliphatic hydroxyl groups excluding tert-OH is 2. The van der Waals surface area contributed by atoms with Crippen LogP contribution in [0.15, 0.2) is 0 Å². The maximum Gasteiger partial charge on any atom is 0.335 e. The van der Waals surface area contributed by atoms with Gasteiger partial charge in [-0.15, -0.1) is 0 Å². The number of alkyl halides is 2. The molecule has 40 heavy (non-hydrogen) atoms. The Morgan fingerprint density at radius 3 is 1.07 bits per heavy atom. The van der Waals surface area contributed by atoms with E-state index in [2.05, 4.69) is 9.47 Å². The summed E-state index contributed by atoms with van der Waals surface area (Å²) < 4.78 is 54.2. The first-order valence-corrected chi connectivity index (χ1v) is 11.5. The first-order chi connectivity index (χ1) is 18.6. The number of carboxylic acids is 2. The Kier molecular flexibility index (Phi) is 23.2. The van der Waals surface area contributed by atoms with Gasteiger partial charge in [-0.05, 0) is 13.8 Å². The summed E-state index contributed by atoms with van der Waals surface area (Å²) in [5.41, 5.74) is 11.2. The monoisotopic (exact) mass is 596 g/mol. The highest BCUT2D eigenvalue weighted by Crippen LogP contribution is 2.19. The van der Waals surface area contributed by atoms with Gasteiger partial charge in [-0.25, -0.2) is 18.4 Å². The van der Waals surface area contributed by atoms with E-state index < -0.39 is 73.1 Å². The topological polar surface area (TPSA) is 257 Å². The molecule has 0 amide bonds. The van der Waals surface area contributed by atoms with E-state index >= 15 is 0 Å². The first-order valence-electron chi connectivity index (χ1n) is 11.5. The second-order valence-electron chi connectivity index (χ2n) is 7.50. The van der Waals surface area contributed by atoms with Crippen LogP contribution in [-0.4, -0.2) is 135 Å². The van der Waals surface area contributed by atoms with Crippen molar-refractivity contribution in [2.75, 3.05) is 55.0 Å². The van der Waals surface area contributed by atoms with Crippen molar-refractivity contribution in [1.29, 1.82) is 0 Å². The van der Waals surface area contributed by atoms with Crippen LogP contribution in [0, 0.1) is 0 Å². The SMILES string of the molecule is CCOC(=O)CC(N)C(CF)(OC)OC.CCOC(=O)CC(N)C(CF)(OC)OC.O=C(O)C(O)C(O)C(=O)O. The molecule has 0 aliphatic carbocycles. The number of halogens is 2. The Morgan fingerprint density at radius 2 is 0.925 bits per heavy atom. The smallest absolute Gasteiger partial charge is 0.335 e. The number of aliphatic hydroxyl groups is 2. The molecule has 0 saturated heterocycles. The molecule has 0 rings (SSSR count). The third-order valence-electron chi connectivity index (χ3n) is 5.07. The van der Waals surface area contributed by atoms with Crippen LogP contribution in [0.2, 0.25) is 0 Å². The number of rotatable bonds is 17. The molecule has 0 heterocycles. The van der Waals surface area contributed by atoms with Crippen LogP contribution < -0.4 is 11.5 Å². The number of carbonyl (C=O) groups is 4. The van der Waals surface area contributed by atoms with E-state index in [1.54, 1.807) is 13.8 Å². The molecule has 16 nitrogen and oxygen atoms in total. The zero-order chi connectivity index (χ0) is 32.1. The number of nitrogens with two attached hydrogens (primary N) is 2. The molecule has 4 atom stereocenters. The quantitative estimate of drug-likeness (QED) is 0.0810. The molecule has 4 unspecified atom stereocenters. The van der Waals surface area contributed by atoms with E-state index in [1.807, 2.05) is 0 Å². The molecule has 238 valence electrons. The Labute approximate surface area is 230 Å². The third kappa shape index (κ3) is 14.7. The van der Waals surface area contributed by atoms with Gasteiger partial charge in [-0.3, -0.25) is 9.59 Å². The van der Waals surface area contributed by atoms with Crippen molar-refractivity contribution in [1.82, 2.24) is 0 Å². The lowest BCUT2D eigenvalue weighted by Crippen LogP contribution is -2.53. The van der Waals surface area contributed by atoms with Gasteiger partial charge < -0.3 is 60.3 Å². The summed E-state index contributed by atoms with van der Waals surface area (Å²) in [4.78, 5) is 41.8. The molecule has 0 radical (unpaired) electrons. The zero-order valence-corrected chi connectivity index (χ0v) is 23.3. The lowest BCUT2D eigenvalue weighted by molar-refractivity contribution is -0.229. The van der Waals surface area contributed by atoms with Crippen molar-refractivity contribution >= 4 is 23.9 Å². The average molecular weight is 597 g/mol. The average Bonchev–Trinajstić information content (AvgIpc) is 2.91. The molecule has 0 aliphatic heterocycles. The number of hydrogen-bond acceptors (Lipinski definition) is 14. The molecule has 0 saturated carbocycles. The third-order valence-corrected chi connectivity index (χ3v) is 5.07. The largest absolute Gasteiger partial charge is 0.479 e. The number of carbonyl (C=O) groups excluding carboxylic acids is 2. The Hall–Kier alpha value is -2.58. The number of aliphatic carboxylic acids is 2. The standard InChI is InChI=1S/2C9H18FNO4.C4H6O6/c2*1-4-15-8(12)5-7(11)9(6-10,13-2)14-3;5-1(3(7)8)2(6)4(9)10/h2*7H,4-6,11H2,1-3H3;1-2,5-6H,(H,7,8)(H,9,10). The van der Waals surface area contributed by atoms with E-state index in [-0.39, 0.29) is 26.1 Å². The Balaban J connectivity index is -0.000000525. The van der Waals surface area contributed by atoms with Gasteiger partial charge >= 0.3 is 23.9 Å². The van der Waals surface area contributed by atoms with E-state index in [9.17, 15) is 28.0 Å². The van der Waals surface area contributed by atoms with Crippen LogP contribution in [0.25, 0.3) is 0 Å². The van der Waals surface area contributed by atoms with Crippen LogP contribution in [-0.2, 0) is 47.6 Å². The summed E-state index contributed by atoms with van der Waals surface area (Å²) in [6, 6.07) is -1.81. The molecule has 0 bridgehead atoms. The number of ether oxygens (including phenoxy) is 6. The lowest BCUT2D eigenvalue weighted by Gasteiger charge is -2.32. The van der Waals surface area contributed by atoms with Crippen molar-refractivity contribution in [2.45, 2.75) is 62.6 Å². The molecule has 0 aromatic heterocycles. The van der Waals surface area contributed by atoms with Crippen LogP contribution in [0.5, 0.6) is 0 Å². The van der Waals surface area contributed by atoms with Crippen molar-refractivity contribution in [3.05, 3.63) is 0 Å². The van der Waals surface area contributed by atoms with Crippen molar-refractivity contribution in [3.8, 4) is 0 Å². The summed E-state index contributed by atoms with van der Waals surface area (Å²) in [5, 5.41) is 32.5. The second kappa shape index (κ2) is 22.1. The molecule has 0 aliphatic rings. The van der Waals surface area contributed by atoms with E-state index in [1.165, 1.54) is 28.4 Å². The number of methoxy groups -OCH3 is 4. The van der Waals surface area contributed by atoms with Gasteiger partial charge in [0.2, 0.25) is 11.6 Å². The normalized spacial score (nSPS) is 14.2. The summed E-state index contributed by atoms with van der Waals surface area (Å²) in [6.07, 6.45) is -4.84.